The van der Waals surface area contributed by atoms with Crippen molar-refractivity contribution in [2.45, 2.75) is 57.9 Å². The molecule has 0 saturated heterocycles. The van der Waals surface area contributed by atoms with Crippen molar-refractivity contribution in [1.82, 2.24) is 5.32 Å². The quantitative estimate of drug-likeness (QED) is 0.539. The van der Waals surface area contributed by atoms with E-state index in [9.17, 15) is 0 Å². The van der Waals surface area contributed by atoms with Crippen molar-refractivity contribution in [3.05, 3.63) is 0 Å². The van der Waals surface area contributed by atoms with Gasteiger partial charge in [0.25, 0.3) is 0 Å². The van der Waals surface area contributed by atoms with Gasteiger partial charge in [-0.1, -0.05) is 19.8 Å². The molecule has 0 bridgehead atoms. The Labute approximate surface area is 95.0 Å². The fraction of sp³-hybridized carbons (Fsp3) is 0.857. The van der Waals surface area contributed by atoms with E-state index in [4.69, 9.17) is 6.42 Å². The van der Waals surface area contributed by atoms with Crippen molar-refractivity contribution in [3.63, 3.8) is 0 Å². The van der Waals surface area contributed by atoms with Gasteiger partial charge >= 0.3 is 0 Å². The average molecular weight is 207 g/mol. The summed E-state index contributed by atoms with van der Waals surface area (Å²) in [5.74, 6) is 4.57. The van der Waals surface area contributed by atoms with Crippen LogP contribution in [-0.2, 0) is 0 Å². The molecule has 1 heteroatoms. The first-order chi connectivity index (χ1) is 7.27. The Hall–Kier alpha value is -0.480. The van der Waals surface area contributed by atoms with Crippen LogP contribution in [0, 0.1) is 24.2 Å². The highest BCUT2D eigenvalue weighted by Gasteiger charge is 2.24. The lowest BCUT2D eigenvalue weighted by Gasteiger charge is -2.32. The summed E-state index contributed by atoms with van der Waals surface area (Å²) in [6.07, 6.45) is 14.3. The lowest BCUT2D eigenvalue weighted by Crippen LogP contribution is -2.35. The Morgan fingerprint density at radius 1 is 1.33 bits per heavy atom. The van der Waals surface area contributed by atoms with Gasteiger partial charge in [0.05, 0.1) is 0 Å². The van der Waals surface area contributed by atoms with E-state index in [1.165, 1.54) is 38.5 Å². The van der Waals surface area contributed by atoms with Gasteiger partial charge in [0.1, 0.15) is 0 Å². The maximum absolute atomic E-state index is 5.28. The van der Waals surface area contributed by atoms with Gasteiger partial charge in [-0.05, 0) is 44.6 Å². The summed E-state index contributed by atoms with van der Waals surface area (Å²) in [6, 6.07) is 0.700. The molecule has 0 aromatic rings. The Bertz CT molecular complexity index is 196. The van der Waals surface area contributed by atoms with E-state index in [-0.39, 0.29) is 0 Å². The van der Waals surface area contributed by atoms with Gasteiger partial charge in [-0.3, -0.25) is 0 Å². The van der Waals surface area contributed by atoms with Gasteiger partial charge < -0.3 is 5.32 Å². The Kier molecular flexibility index (Phi) is 5.79. The van der Waals surface area contributed by atoms with E-state index in [1.807, 2.05) is 0 Å². The first-order valence-electron chi connectivity index (χ1n) is 6.38. The molecule has 15 heavy (non-hydrogen) atoms. The molecule has 1 unspecified atom stereocenters. The first kappa shape index (κ1) is 12.6. The molecule has 86 valence electrons. The molecule has 0 radical (unpaired) electrons. The molecule has 1 aliphatic rings. The van der Waals surface area contributed by atoms with Crippen LogP contribution < -0.4 is 5.32 Å². The normalized spacial score (nSPS) is 28.3. The summed E-state index contributed by atoms with van der Waals surface area (Å²) in [4.78, 5) is 0. The van der Waals surface area contributed by atoms with Gasteiger partial charge in [0, 0.05) is 12.5 Å². The van der Waals surface area contributed by atoms with Crippen LogP contribution in [0.4, 0.5) is 0 Å². The zero-order valence-electron chi connectivity index (χ0n) is 10.3. The highest BCUT2D eigenvalue weighted by molar-refractivity contribution is 4.85. The van der Waals surface area contributed by atoms with Crippen LogP contribution in [0.1, 0.15) is 51.9 Å². The Morgan fingerprint density at radius 2 is 2.00 bits per heavy atom. The van der Waals surface area contributed by atoms with Crippen molar-refractivity contribution in [3.8, 4) is 12.3 Å². The Balaban J connectivity index is 2.28. The predicted octanol–water partition coefficient (Wildman–Crippen LogP) is 3.20. The highest BCUT2D eigenvalue weighted by atomic mass is 14.9. The Morgan fingerprint density at radius 3 is 2.53 bits per heavy atom. The molecule has 0 spiro atoms. The van der Waals surface area contributed by atoms with Crippen molar-refractivity contribution < 1.29 is 0 Å². The third kappa shape index (κ3) is 4.26. The molecule has 0 aliphatic heterocycles. The molecule has 1 atom stereocenters. The van der Waals surface area contributed by atoms with Crippen molar-refractivity contribution >= 4 is 0 Å². The molecule has 0 amide bonds. The number of nitrogens with one attached hydrogen (secondary N) is 1. The third-order valence-electron chi connectivity index (χ3n) is 3.84. The van der Waals surface area contributed by atoms with Crippen LogP contribution in [0.5, 0.6) is 0 Å². The summed E-state index contributed by atoms with van der Waals surface area (Å²) >= 11 is 0. The second-order valence-corrected chi connectivity index (χ2v) is 5.01. The van der Waals surface area contributed by atoms with Crippen LogP contribution in [0.15, 0.2) is 0 Å². The lowest BCUT2D eigenvalue weighted by molar-refractivity contribution is 0.227. The van der Waals surface area contributed by atoms with Crippen LogP contribution in [0.25, 0.3) is 0 Å². The third-order valence-corrected chi connectivity index (χ3v) is 3.84. The smallest absolute Gasteiger partial charge is 0.00926 e. The number of terminal acetylenes is 1. The fourth-order valence-electron chi connectivity index (χ4n) is 2.73. The zero-order chi connectivity index (χ0) is 11.1. The number of hydrogen-bond donors (Lipinski definition) is 1. The summed E-state index contributed by atoms with van der Waals surface area (Å²) in [6.45, 7) is 2.38. The van der Waals surface area contributed by atoms with Gasteiger partial charge in [-0.25, -0.2) is 0 Å². The maximum Gasteiger partial charge on any atom is 0.00926 e. The van der Waals surface area contributed by atoms with Crippen molar-refractivity contribution in [2.24, 2.45) is 11.8 Å². The van der Waals surface area contributed by atoms with E-state index >= 15 is 0 Å². The maximum atomic E-state index is 5.28. The van der Waals surface area contributed by atoms with E-state index in [0.717, 1.165) is 18.3 Å². The number of hydrogen-bond acceptors (Lipinski definition) is 1. The van der Waals surface area contributed by atoms with E-state index in [2.05, 4.69) is 25.2 Å². The average Bonchev–Trinajstić information content (AvgIpc) is 2.26. The monoisotopic (exact) mass is 207 g/mol. The molecule has 1 saturated carbocycles. The van der Waals surface area contributed by atoms with Gasteiger partial charge in [-0.2, -0.15) is 0 Å². The highest BCUT2D eigenvalue weighted by Crippen LogP contribution is 2.31. The summed E-state index contributed by atoms with van der Waals surface area (Å²) in [5, 5.41) is 3.48. The second kappa shape index (κ2) is 6.90. The summed E-state index contributed by atoms with van der Waals surface area (Å²) in [7, 11) is 2.10. The number of unbranched alkanes of at least 4 members (excludes halogenated alkanes) is 1. The molecule has 0 aromatic heterocycles. The van der Waals surface area contributed by atoms with Gasteiger partial charge in [0.15, 0.2) is 0 Å². The SMILES string of the molecule is C#CCCCC(NC)C1CCC(C)CC1. The van der Waals surface area contributed by atoms with E-state index in [0.29, 0.717) is 6.04 Å². The van der Waals surface area contributed by atoms with Gasteiger partial charge in [0.2, 0.25) is 0 Å². The minimum absolute atomic E-state index is 0.700. The molecule has 1 fully saturated rings. The predicted molar refractivity (Wildman–Crippen MR) is 66.7 cm³/mol. The first-order valence-corrected chi connectivity index (χ1v) is 6.38. The molecule has 1 rings (SSSR count). The van der Waals surface area contributed by atoms with E-state index in [1.54, 1.807) is 0 Å². The van der Waals surface area contributed by atoms with E-state index < -0.39 is 0 Å². The summed E-state index contributed by atoms with van der Waals surface area (Å²) < 4.78 is 0. The van der Waals surface area contributed by atoms with Crippen LogP contribution in [0.3, 0.4) is 0 Å². The molecule has 1 N–H and O–H groups in total. The fourth-order valence-corrected chi connectivity index (χ4v) is 2.73. The standard InChI is InChI=1S/C14H25N/c1-4-5-6-7-14(15-3)13-10-8-12(2)9-11-13/h1,12-15H,5-11H2,2-3H3. The van der Waals surface area contributed by atoms with Crippen LogP contribution >= 0.6 is 0 Å². The molecule has 0 heterocycles. The minimum atomic E-state index is 0.700. The molecular formula is C14H25N. The topological polar surface area (TPSA) is 12.0 Å². The van der Waals surface area contributed by atoms with Gasteiger partial charge in [-0.15, -0.1) is 12.3 Å². The molecule has 0 aromatic carbocycles. The second-order valence-electron chi connectivity index (χ2n) is 5.01. The molecule has 1 nitrogen and oxygen atoms in total. The lowest BCUT2D eigenvalue weighted by atomic mass is 9.78. The van der Waals surface area contributed by atoms with Crippen molar-refractivity contribution in [1.29, 1.82) is 0 Å². The molecular weight excluding hydrogens is 182 g/mol. The summed E-state index contributed by atoms with van der Waals surface area (Å²) in [5.41, 5.74) is 0. The zero-order valence-corrected chi connectivity index (χ0v) is 10.3. The van der Waals surface area contributed by atoms with Crippen LogP contribution in [0.2, 0.25) is 0 Å². The largest absolute Gasteiger partial charge is 0.317 e. The molecule has 1 aliphatic carbocycles. The van der Waals surface area contributed by atoms with Crippen LogP contribution in [-0.4, -0.2) is 13.1 Å². The minimum Gasteiger partial charge on any atom is -0.317 e. The van der Waals surface area contributed by atoms with Crippen molar-refractivity contribution in [2.75, 3.05) is 7.05 Å². The number of rotatable bonds is 5.